The van der Waals surface area contributed by atoms with E-state index in [1.807, 2.05) is 28.9 Å². The number of hydrogen-bond donors (Lipinski definition) is 2. The van der Waals surface area contributed by atoms with Gasteiger partial charge < -0.3 is 15.0 Å². The van der Waals surface area contributed by atoms with E-state index in [2.05, 4.69) is 5.32 Å². The van der Waals surface area contributed by atoms with Gasteiger partial charge in [0.1, 0.15) is 0 Å². The van der Waals surface area contributed by atoms with Gasteiger partial charge in [0, 0.05) is 29.6 Å². The van der Waals surface area contributed by atoms with Gasteiger partial charge in [0.2, 0.25) is 0 Å². The van der Waals surface area contributed by atoms with Crippen LogP contribution in [0.1, 0.15) is 18.0 Å². The second-order valence-corrected chi connectivity index (χ2v) is 6.32. The number of nitrogens with zero attached hydrogens (tertiary/aromatic N) is 1. The molecule has 134 valence electrons. The summed E-state index contributed by atoms with van der Waals surface area (Å²) in [6.45, 7) is 0.402. The van der Waals surface area contributed by atoms with E-state index in [1.165, 1.54) is 6.07 Å². The van der Waals surface area contributed by atoms with Crippen molar-refractivity contribution >= 4 is 10.9 Å². The smallest absolute Gasteiger partial charge is 0.390 e. The zero-order valence-corrected chi connectivity index (χ0v) is 13.9. The molecular weight excluding hydrogens is 329 g/mol. The van der Waals surface area contributed by atoms with Crippen molar-refractivity contribution in [2.45, 2.75) is 24.7 Å². The van der Waals surface area contributed by atoms with E-state index >= 15 is 0 Å². The number of hydrogen-bond acceptors (Lipinski definition) is 2. The van der Waals surface area contributed by atoms with Gasteiger partial charge in [0.15, 0.2) is 0 Å². The third-order valence-corrected chi connectivity index (χ3v) is 4.63. The second kappa shape index (κ2) is 7.06. The molecule has 2 N–H and O–H groups in total. The molecule has 0 amide bonds. The molecule has 0 aliphatic heterocycles. The van der Waals surface area contributed by atoms with Crippen LogP contribution in [0, 0.1) is 5.92 Å². The molecule has 1 heterocycles. The Hall–Kier alpha value is -2.05. The van der Waals surface area contributed by atoms with Crippen LogP contribution in [0.4, 0.5) is 13.2 Å². The number of allylic oxidation sites excluding steroid dienone is 4. The van der Waals surface area contributed by atoms with Gasteiger partial charge in [-0.15, -0.1) is 0 Å². The summed E-state index contributed by atoms with van der Waals surface area (Å²) in [7, 11) is 1.76. The van der Waals surface area contributed by atoms with E-state index in [4.69, 9.17) is 0 Å². The van der Waals surface area contributed by atoms with Gasteiger partial charge in [0.05, 0.1) is 17.7 Å². The molecule has 1 aromatic carbocycles. The molecule has 1 aliphatic rings. The van der Waals surface area contributed by atoms with E-state index in [1.54, 1.807) is 19.3 Å². The lowest BCUT2D eigenvalue weighted by atomic mass is 9.88. The predicted molar refractivity (Wildman–Crippen MR) is 92.3 cm³/mol. The molecule has 1 aromatic heterocycles. The van der Waals surface area contributed by atoms with Crippen molar-refractivity contribution in [1.29, 1.82) is 0 Å². The summed E-state index contributed by atoms with van der Waals surface area (Å²) in [5, 5.41) is 14.1. The highest BCUT2D eigenvalue weighted by atomic mass is 19.4. The van der Waals surface area contributed by atoms with Crippen LogP contribution < -0.4 is 5.32 Å². The quantitative estimate of drug-likeness (QED) is 0.858. The minimum Gasteiger partial charge on any atom is -0.390 e. The number of halogens is 3. The molecule has 1 aliphatic carbocycles. The summed E-state index contributed by atoms with van der Waals surface area (Å²) >= 11 is 0. The van der Waals surface area contributed by atoms with Crippen LogP contribution >= 0.6 is 0 Å². The topological polar surface area (TPSA) is 37.2 Å². The number of likely N-dealkylation sites (N-methyl/N-ethyl adjacent to an activating group) is 1. The summed E-state index contributed by atoms with van der Waals surface area (Å²) in [6, 6.07) is 5.15. The largest absolute Gasteiger partial charge is 0.416 e. The number of fused-ring (bicyclic) bond motifs is 1. The Kier molecular flexibility index (Phi) is 5.01. The van der Waals surface area contributed by atoms with Crippen LogP contribution in [0.3, 0.4) is 0 Å². The Morgan fingerprint density at radius 1 is 1.28 bits per heavy atom. The van der Waals surface area contributed by atoms with Crippen LogP contribution in [-0.4, -0.2) is 29.4 Å². The van der Waals surface area contributed by atoms with Gasteiger partial charge in [0.25, 0.3) is 0 Å². The van der Waals surface area contributed by atoms with Crippen molar-refractivity contribution in [3.8, 4) is 0 Å². The molecule has 0 spiro atoms. The van der Waals surface area contributed by atoms with E-state index in [-0.39, 0.29) is 12.0 Å². The Morgan fingerprint density at radius 2 is 2.08 bits per heavy atom. The average molecular weight is 350 g/mol. The lowest BCUT2D eigenvalue weighted by Crippen LogP contribution is -2.36. The van der Waals surface area contributed by atoms with Gasteiger partial charge in [-0.05, 0) is 37.7 Å². The molecule has 0 fully saturated rings. The highest BCUT2D eigenvalue weighted by Crippen LogP contribution is 2.35. The van der Waals surface area contributed by atoms with Crippen molar-refractivity contribution in [1.82, 2.24) is 9.88 Å². The summed E-state index contributed by atoms with van der Waals surface area (Å²) in [4.78, 5) is 0. The maximum atomic E-state index is 12.9. The minimum atomic E-state index is -4.36. The normalized spacial score (nSPS) is 20.1. The lowest BCUT2D eigenvalue weighted by Gasteiger charge is -2.31. The Morgan fingerprint density at radius 3 is 2.72 bits per heavy atom. The van der Waals surface area contributed by atoms with Crippen molar-refractivity contribution in [3.63, 3.8) is 0 Å². The van der Waals surface area contributed by atoms with Gasteiger partial charge in [-0.1, -0.05) is 24.3 Å². The zero-order valence-electron chi connectivity index (χ0n) is 13.9. The molecule has 0 bridgehead atoms. The molecule has 6 heteroatoms. The van der Waals surface area contributed by atoms with E-state index < -0.39 is 17.8 Å². The van der Waals surface area contributed by atoms with Gasteiger partial charge >= 0.3 is 6.18 Å². The third-order valence-electron chi connectivity index (χ3n) is 4.63. The lowest BCUT2D eigenvalue weighted by molar-refractivity contribution is -0.137. The van der Waals surface area contributed by atoms with Crippen LogP contribution in [0.5, 0.6) is 0 Å². The number of aliphatic hydroxyl groups excluding tert-OH is 1. The molecule has 0 saturated heterocycles. The first-order chi connectivity index (χ1) is 11.9. The second-order valence-electron chi connectivity index (χ2n) is 6.32. The SMILES string of the molecule is CNC[C@@H](O)[C@H](C1C=CC=CC1)n1ccc2cc(C(F)(F)F)ccc21. The first kappa shape index (κ1) is 17.8. The molecule has 3 nitrogen and oxygen atoms in total. The number of aliphatic hydroxyl groups is 1. The molecule has 1 unspecified atom stereocenters. The molecule has 3 atom stereocenters. The Labute approximate surface area is 144 Å². The van der Waals surface area contributed by atoms with E-state index in [0.29, 0.717) is 17.4 Å². The number of benzene rings is 1. The first-order valence-corrected chi connectivity index (χ1v) is 8.25. The summed E-state index contributed by atoms with van der Waals surface area (Å²) in [5.74, 6) is 0.0752. The van der Waals surface area contributed by atoms with Gasteiger partial charge in [-0.3, -0.25) is 0 Å². The third kappa shape index (κ3) is 3.65. The van der Waals surface area contributed by atoms with E-state index in [0.717, 1.165) is 18.6 Å². The van der Waals surface area contributed by atoms with Crippen molar-refractivity contribution in [3.05, 3.63) is 60.3 Å². The fourth-order valence-electron chi connectivity index (χ4n) is 3.46. The Bertz CT molecular complexity index is 792. The number of nitrogens with one attached hydrogen (secondary N) is 1. The first-order valence-electron chi connectivity index (χ1n) is 8.25. The fourth-order valence-corrected chi connectivity index (χ4v) is 3.46. The highest BCUT2D eigenvalue weighted by Gasteiger charge is 2.32. The maximum absolute atomic E-state index is 12.9. The molecular formula is C19H21F3N2O. The van der Waals surface area contributed by atoms with Crippen molar-refractivity contribution in [2.75, 3.05) is 13.6 Å². The van der Waals surface area contributed by atoms with Gasteiger partial charge in [-0.2, -0.15) is 13.2 Å². The standard InChI is InChI=1S/C19H21F3N2O/c1-23-12-17(25)18(13-5-3-2-4-6-13)24-10-9-14-11-15(19(20,21)22)7-8-16(14)24/h2-5,7-11,13,17-18,23,25H,6,12H2,1H3/t13?,17-,18+/m1/s1. The van der Waals surface area contributed by atoms with Gasteiger partial charge in [-0.25, -0.2) is 0 Å². The highest BCUT2D eigenvalue weighted by molar-refractivity contribution is 5.81. The molecule has 3 rings (SSSR count). The monoisotopic (exact) mass is 350 g/mol. The van der Waals surface area contributed by atoms with Crippen LogP contribution in [-0.2, 0) is 6.18 Å². The van der Waals surface area contributed by atoms with Crippen molar-refractivity contribution in [2.24, 2.45) is 5.92 Å². The number of aromatic nitrogens is 1. The van der Waals surface area contributed by atoms with E-state index in [9.17, 15) is 18.3 Å². The molecule has 0 saturated carbocycles. The zero-order chi connectivity index (χ0) is 18.0. The molecule has 25 heavy (non-hydrogen) atoms. The average Bonchev–Trinajstić information content (AvgIpc) is 2.99. The van der Waals surface area contributed by atoms with Crippen molar-refractivity contribution < 1.29 is 18.3 Å². The van der Waals surface area contributed by atoms with Crippen LogP contribution in [0.2, 0.25) is 0 Å². The van der Waals surface area contributed by atoms with Crippen LogP contribution in [0.25, 0.3) is 10.9 Å². The number of alkyl halides is 3. The minimum absolute atomic E-state index is 0.0752. The predicted octanol–water partition coefficient (Wildman–Crippen LogP) is 3.91. The number of rotatable bonds is 5. The maximum Gasteiger partial charge on any atom is 0.416 e. The summed E-state index contributed by atoms with van der Waals surface area (Å²) in [5.41, 5.74) is 0.0293. The fraction of sp³-hybridized carbons (Fsp3) is 0.368. The van der Waals surface area contributed by atoms with Crippen LogP contribution in [0.15, 0.2) is 54.8 Å². The Balaban J connectivity index is 2.03. The summed E-state index contributed by atoms with van der Waals surface area (Å²) in [6.07, 6.45) is 5.50. The molecule has 2 aromatic rings. The summed E-state index contributed by atoms with van der Waals surface area (Å²) < 4.78 is 40.7. The molecule has 0 radical (unpaired) electrons.